The first kappa shape index (κ1) is 18.7. The number of nitrogens with one attached hydrogen (secondary N) is 2. The lowest BCUT2D eigenvalue weighted by molar-refractivity contribution is 0.298. The fraction of sp³-hybridized carbons (Fsp3) is 0.650. The molecule has 1 saturated carbocycles. The van der Waals surface area contributed by atoms with Crippen molar-refractivity contribution in [3.8, 4) is 0 Å². The van der Waals surface area contributed by atoms with Crippen LogP contribution in [0.15, 0.2) is 29.4 Å². The molecule has 6 heteroatoms. The summed E-state index contributed by atoms with van der Waals surface area (Å²) in [6.07, 6.45) is 10.4. The van der Waals surface area contributed by atoms with Gasteiger partial charge in [0.2, 0.25) is 0 Å². The fourth-order valence-electron chi connectivity index (χ4n) is 3.80. The lowest BCUT2D eigenvalue weighted by atomic mass is 9.84. The summed E-state index contributed by atoms with van der Waals surface area (Å²) < 4.78 is 2.06. The first-order chi connectivity index (χ1) is 12.8. The number of aliphatic imine (C=N–C) groups is 1. The lowest BCUT2D eigenvalue weighted by Crippen LogP contribution is -2.45. The average molecular weight is 357 g/mol. The van der Waals surface area contributed by atoms with Gasteiger partial charge in [0.05, 0.1) is 0 Å². The van der Waals surface area contributed by atoms with E-state index in [0.717, 1.165) is 49.3 Å². The van der Waals surface area contributed by atoms with Gasteiger partial charge in [-0.15, -0.1) is 10.2 Å². The normalized spacial score (nSPS) is 21.1. The topological polar surface area (TPSA) is 66.6 Å². The molecule has 1 aliphatic rings. The number of aromatic nitrogens is 3. The summed E-state index contributed by atoms with van der Waals surface area (Å²) in [5.41, 5.74) is 0.906. The Bertz CT molecular complexity index is 707. The van der Waals surface area contributed by atoms with Crippen molar-refractivity contribution in [1.82, 2.24) is 25.2 Å². The van der Waals surface area contributed by atoms with Crippen LogP contribution in [0.3, 0.4) is 0 Å². The van der Waals surface area contributed by atoms with Crippen molar-refractivity contribution >= 4 is 11.6 Å². The molecule has 2 atom stereocenters. The third kappa shape index (κ3) is 4.96. The third-order valence-electron chi connectivity index (χ3n) is 5.26. The maximum Gasteiger partial charge on any atom is 0.191 e. The molecular weight excluding hydrogens is 324 g/mol. The zero-order valence-corrected chi connectivity index (χ0v) is 16.1. The fourth-order valence-corrected chi connectivity index (χ4v) is 3.80. The number of nitrogens with zero attached hydrogens (tertiary/aromatic N) is 4. The van der Waals surface area contributed by atoms with Gasteiger partial charge in [0.1, 0.15) is 5.82 Å². The zero-order chi connectivity index (χ0) is 18.2. The van der Waals surface area contributed by atoms with Crippen LogP contribution in [0.5, 0.6) is 0 Å². The monoisotopic (exact) mass is 356 g/mol. The van der Waals surface area contributed by atoms with Gasteiger partial charge in [-0.2, -0.15) is 0 Å². The van der Waals surface area contributed by atoms with Gasteiger partial charge < -0.3 is 10.6 Å². The SMILES string of the molecule is CCNC(=NCCCc1nnc2ccccn12)NC1CCCC(CC)C1. The Morgan fingerprint density at radius 1 is 1.27 bits per heavy atom. The Kier molecular flexibility index (Phi) is 6.86. The Morgan fingerprint density at radius 2 is 2.19 bits per heavy atom. The molecule has 2 aromatic heterocycles. The van der Waals surface area contributed by atoms with Gasteiger partial charge in [-0.25, -0.2) is 0 Å². The van der Waals surface area contributed by atoms with Gasteiger partial charge in [-0.1, -0.05) is 32.3 Å². The van der Waals surface area contributed by atoms with Gasteiger partial charge in [-0.3, -0.25) is 9.39 Å². The summed E-state index contributed by atoms with van der Waals surface area (Å²) in [7, 11) is 0. The lowest BCUT2D eigenvalue weighted by Gasteiger charge is -2.30. The molecule has 0 aromatic carbocycles. The Balaban J connectivity index is 1.50. The average Bonchev–Trinajstić information content (AvgIpc) is 3.09. The molecule has 0 amide bonds. The predicted molar refractivity (Wildman–Crippen MR) is 106 cm³/mol. The first-order valence-electron chi connectivity index (χ1n) is 10.1. The molecule has 0 spiro atoms. The highest BCUT2D eigenvalue weighted by atomic mass is 15.2. The highest BCUT2D eigenvalue weighted by Crippen LogP contribution is 2.26. The van der Waals surface area contributed by atoms with Crippen LogP contribution in [0.25, 0.3) is 5.65 Å². The number of hydrogen-bond acceptors (Lipinski definition) is 3. The van der Waals surface area contributed by atoms with Gasteiger partial charge in [0.15, 0.2) is 11.6 Å². The zero-order valence-electron chi connectivity index (χ0n) is 16.1. The van der Waals surface area contributed by atoms with E-state index in [1.54, 1.807) is 0 Å². The summed E-state index contributed by atoms with van der Waals surface area (Å²) in [5, 5.41) is 15.5. The van der Waals surface area contributed by atoms with Crippen molar-refractivity contribution in [2.75, 3.05) is 13.1 Å². The predicted octanol–water partition coefficient (Wildman–Crippen LogP) is 3.19. The van der Waals surface area contributed by atoms with Crippen LogP contribution in [0, 0.1) is 5.92 Å². The van der Waals surface area contributed by atoms with Crippen molar-refractivity contribution in [3.05, 3.63) is 30.2 Å². The molecule has 2 heterocycles. The Labute approximate surface area is 156 Å². The second-order valence-electron chi connectivity index (χ2n) is 7.19. The molecule has 0 aliphatic heterocycles. The molecule has 26 heavy (non-hydrogen) atoms. The van der Waals surface area contributed by atoms with Crippen molar-refractivity contribution in [2.45, 2.75) is 64.8 Å². The molecule has 0 bridgehead atoms. The van der Waals surface area contributed by atoms with Crippen LogP contribution < -0.4 is 10.6 Å². The number of fused-ring (bicyclic) bond motifs is 1. The first-order valence-corrected chi connectivity index (χ1v) is 10.1. The van der Waals surface area contributed by atoms with E-state index in [-0.39, 0.29) is 0 Å². The van der Waals surface area contributed by atoms with Crippen molar-refractivity contribution in [1.29, 1.82) is 0 Å². The van der Waals surface area contributed by atoms with Gasteiger partial charge in [-0.05, 0) is 44.2 Å². The van der Waals surface area contributed by atoms with E-state index in [1.165, 1.54) is 32.1 Å². The molecule has 1 aliphatic carbocycles. The Hall–Kier alpha value is -2.11. The minimum Gasteiger partial charge on any atom is -0.357 e. The second kappa shape index (κ2) is 9.55. The number of hydrogen-bond donors (Lipinski definition) is 2. The summed E-state index contributed by atoms with van der Waals surface area (Å²) in [6, 6.07) is 6.54. The molecule has 2 N–H and O–H groups in total. The molecule has 3 rings (SSSR count). The maximum atomic E-state index is 4.77. The van der Waals surface area contributed by atoms with Gasteiger partial charge >= 0.3 is 0 Å². The van der Waals surface area contributed by atoms with E-state index in [0.29, 0.717) is 6.04 Å². The van der Waals surface area contributed by atoms with Crippen LogP contribution in [0.1, 0.15) is 58.2 Å². The highest BCUT2D eigenvalue weighted by Gasteiger charge is 2.21. The summed E-state index contributed by atoms with van der Waals surface area (Å²) in [6.45, 7) is 6.11. The van der Waals surface area contributed by atoms with E-state index >= 15 is 0 Å². The molecular formula is C20H32N6. The van der Waals surface area contributed by atoms with E-state index in [4.69, 9.17) is 4.99 Å². The highest BCUT2D eigenvalue weighted by molar-refractivity contribution is 5.80. The summed E-state index contributed by atoms with van der Waals surface area (Å²) in [4.78, 5) is 4.77. The molecule has 2 aromatic rings. The number of pyridine rings is 1. The summed E-state index contributed by atoms with van der Waals surface area (Å²) in [5.74, 6) is 2.83. The smallest absolute Gasteiger partial charge is 0.191 e. The minimum atomic E-state index is 0.562. The van der Waals surface area contributed by atoms with Crippen LogP contribution in [-0.4, -0.2) is 39.7 Å². The van der Waals surface area contributed by atoms with E-state index in [9.17, 15) is 0 Å². The van der Waals surface area contributed by atoms with Gasteiger partial charge in [0.25, 0.3) is 0 Å². The van der Waals surface area contributed by atoms with E-state index in [2.05, 4.69) is 39.1 Å². The molecule has 1 fully saturated rings. The Morgan fingerprint density at radius 3 is 3.04 bits per heavy atom. The minimum absolute atomic E-state index is 0.562. The molecule has 0 saturated heterocycles. The molecule has 6 nitrogen and oxygen atoms in total. The van der Waals surface area contributed by atoms with Crippen LogP contribution in [0.2, 0.25) is 0 Å². The number of aryl methyl sites for hydroxylation is 1. The molecule has 0 radical (unpaired) electrons. The largest absolute Gasteiger partial charge is 0.357 e. The van der Waals surface area contributed by atoms with E-state index in [1.807, 2.05) is 24.4 Å². The van der Waals surface area contributed by atoms with Crippen molar-refractivity contribution in [2.24, 2.45) is 10.9 Å². The van der Waals surface area contributed by atoms with Crippen LogP contribution >= 0.6 is 0 Å². The molecule has 142 valence electrons. The van der Waals surface area contributed by atoms with Crippen molar-refractivity contribution in [3.63, 3.8) is 0 Å². The third-order valence-corrected chi connectivity index (χ3v) is 5.26. The number of rotatable bonds is 7. The standard InChI is InChI=1S/C20H32N6/c1-3-16-9-7-10-17(15-16)23-20(21-4-2)22-13-8-12-19-25-24-18-11-5-6-14-26(18)19/h5-6,11,14,16-17H,3-4,7-10,12-13,15H2,1-2H3,(H2,21,22,23). The second-order valence-corrected chi connectivity index (χ2v) is 7.19. The van der Waals surface area contributed by atoms with Crippen LogP contribution in [0.4, 0.5) is 0 Å². The summed E-state index contributed by atoms with van der Waals surface area (Å²) >= 11 is 0. The van der Waals surface area contributed by atoms with Gasteiger partial charge in [0, 0.05) is 31.7 Å². The molecule has 2 unspecified atom stereocenters. The number of guanidine groups is 1. The maximum absolute atomic E-state index is 4.77. The quantitative estimate of drug-likeness (QED) is 0.454. The van der Waals surface area contributed by atoms with Crippen molar-refractivity contribution < 1.29 is 0 Å². The van der Waals surface area contributed by atoms with E-state index < -0.39 is 0 Å². The van der Waals surface area contributed by atoms with Crippen LogP contribution in [-0.2, 0) is 6.42 Å².